The average molecular weight is 270 g/mol. The summed E-state index contributed by atoms with van der Waals surface area (Å²) >= 11 is 1.91. The number of hydrogen-bond donors (Lipinski definition) is 1. The van der Waals surface area contributed by atoms with Crippen LogP contribution < -0.4 is 5.32 Å². The third-order valence-corrected chi connectivity index (χ3v) is 5.73. The van der Waals surface area contributed by atoms with Crippen molar-refractivity contribution in [1.82, 2.24) is 5.32 Å². The van der Waals surface area contributed by atoms with Gasteiger partial charge in [-0.2, -0.15) is 0 Å². The third-order valence-electron chi connectivity index (χ3n) is 4.26. The molecular weight excluding hydrogens is 244 g/mol. The van der Waals surface area contributed by atoms with Crippen molar-refractivity contribution >= 4 is 16.9 Å². The fourth-order valence-electron chi connectivity index (χ4n) is 2.58. The van der Waals surface area contributed by atoms with E-state index in [-0.39, 0.29) is 5.41 Å². The number of amidine groups is 1. The Morgan fingerprint density at radius 3 is 2.72 bits per heavy atom. The zero-order valence-electron chi connectivity index (χ0n) is 12.2. The van der Waals surface area contributed by atoms with Gasteiger partial charge in [0.1, 0.15) is 0 Å². The van der Waals surface area contributed by atoms with Gasteiger partial charge in [0.25, 0.3) is 0 Å². The zero-order chi connectivity index (χ0) is 13.3. The molecule has 0 aromatic carbocycles. The van der Waals surface area contributed by atoms with Crippen molar-refractivity contribution in [3.05, 3.63) is 0 Å². The number of nitrogens with zero attached hydrogens (tertiary/aromatic N) is 1. The minimum Gasteiger partial charge on any atom is -0.378 e. The summed E-state index contributed by atoms with van der Waals surface area (Å²) in [5, 5.41) is 5.40. The summed E-state index contributed by atoms with van der Waals surface area (Å²) in [5.41, 5.74) is 0.217. The quantitative estimate of drug-likeness (QED) is 0.853. The van der Waals surface area contributed by atoms with Gasteiger partial charge in [0.2, 0.25) is 0 Å². The van der Waals surface area contributed by atoms with E-state index in [4.69, 9.17) is 4.74 Å². The summed E-state index contributed by atoms with van der Waals surface area (Å²) in [4.78, 5) is 4.62. The average Bonchev–Trinajstić information content (AvgIpc) is 2.76. The summed E-state index contributed by atoms with van der Waals surface area (Å²) in [5.74, 6) is 0.698. The smallest absolute Gasteiger partial charge is 0.157 e. The Bertz CT molecular complexity index is 328. The van der Waals surface area contributed by atoms with Crippen molar-refractivity contribution in [2.45, 2.75) is 58.4 Å². The van der Waals surface area contributed by atoms with Crippen LogP contribution in [0.25, 0.3) is 0 Å². The van der Waals surface area contributed by atoms with E-state index < -0.39 is 0 Å². The van der Waals surface area contributed by atoms with Gasteiger partial charge in [-0.05, 0) is 19.3 Å². The molecule has 0 spiro atoms. The van der Waals surface area contributed by atoms with Gasteiger partial charge < -0.3 is 10.1 Å². The Morgan fingerprint density at radius 2 is 2.22 bits per heavy atom. The molecule has 1 heterocycles. The van der Waals surface area contributed by atoms with E-state index in [0.717, 1.165) is 24.7 Å². The first-order valence-electron chi connectivity index (χ1n) is 7.04. The molecule has 3 unspecified atom stereocenters. The van der Waals surface area contributed by atoms with E-state index in [1.807, 2.05) is 11.8 Å². The number of hydrogen-bond acceptors (Lipinski definition) is 4. The van der Waals surface area contributed by atoms with Crippen LogP contribution in [0.15, 0.2) is 4.99 Å². The molecule has 2 aliphatic rings. The molecule has 0 aromatic rings. The molecule has 1 saturated carbocycles. The van der Waals surface area contributed by atoms with Crippen molar-refractivity contribution in [2.75, 3.05) is 13.2 Å². The SMILES string of the molecule is CCOC1CC(NC2=NCC(C(C)C)S2)C1(C)C. The van der Waals surface area contributed by atoms with Crippen LogP contribution in [-0.2, 0) is 4.74 Å². The Balaban J connectivity index is 1.82. The summed E-state index contributed by atoms with van der Waals surface area (Å²) in [7, 11) is 0. The molecule has 0 saturated heterocycles. The maximum atomic E-state index is 5.76. The highest BCUT2D eigenvalue weighted by atomic mass is 32.2. The second kappa shape index (κ2) is 5.41. The van der Waals surface area contributed by atoms with Gasteiger partial charge in [-0.1, -0.05) is 39.5 Å². The predicted molar refractivity (Wildman–Crippen MR) is 79.3 cm³/mol. The molecule has 0 bridgehead atoms. The fraction of sp³-hybridized carbons (Fsp3) is 0.929. The number of nitrogens with one attached hydrogen (secondary N) is 1. The maximum Gasteiger partial charge on any atom is 0.157 e. The lowest BCUT2D eigenvalue weighted by Gasteiger charge is -2.51. The van der Waals surface area contributed by atoms with Crippen LogP contribution in [0.1, 0.15) is 41.0 Å². The fourth-order valence-corrected chi connectivity index (χ4v) is 3.65. The highest BCUT2D eigenvalue weighted by molar-refractivity contribution is 8.14. The van der Waals surface area contributed by atoms with E-state index in [2.05, 4.69) is 44.9 Å². The molecular formula is C14H26N2OS. The number of aliphatic imine (C=N–C) groups is 1. The molecule has 2 rings (SSSR count). The molecule has 1 N–H and O–H groups in total. The molecule has 1 aliphatic carbocycles. The van der Waals surface area contributed by atoms with E-state index in [9.17, 15) is 0 Å². The Hall–Kier alpha value is -0.220. The van der Waals surface area contributed by atoms with E-state index in [1.54, 1.807) is 0 Å². The molecule has 0 radical (unpaired) electrons. The first-order valence-corrected chi connectivity index (χ1v) is 7.92. The summed E-state index contributed by atoms with van der Waals surface area (Å²) in [6.07, 6.45) is 1.50. The molecule has 3 nitrogen and oxygen atoms in total. The van der Waals surface area contributed by atoms with E-state index in [1.165, 1.54) is 0 Å². The lowest BCUT2D eigenvalue weighted by atomic mass is 9.64. The van der Waals surface area contributed by atoms with Crippen LogP contribution in [0, 0.1) is 11.3 Å². The van der Waals surface area contributed by atoms with Gasteiger partial charge in [-0.3, -0.25) is 4.99 Å². The van der Waals surface area contributed by atoms with Crippen molar-refractivity contribution in [1.29, 1.82) is 0 Å². The van der Waals surface area contributed by atoms with Crippen LogP contribution >= 0.6 is 11.8 Å². The molecule has 0 amide bonds. The van der Waals surface area contributed by atoms with Gasteiger partial charge in [0.05, 0.1) is 12.6 Å². The van der Waals surface area contributed by atoms with Crippen LogP contribution in [0.3, 0.4) is 0 Å². The van der Waals surface area contributed by atoms with Gasteiger partial charge in [0.15, 0.2) is 5.17 Å². The highest BCUT2D eigenvalue weighted by Gasteiger charge is 2.49. The van der Waals surface area contributed by atoms with Crippen molar-refractivity contribution < 1.29 is 4.74 Å². The second-order valence-corrected chi connectivity index (χ2v) is 7.47. The monoisotopic (exact) mass is 270 g/mol. The third kappa shape index (κ3) is 2.69. The van der Waals surface area contributed by atoms with Crippen molar-refractivity contribution in [3.8, 4) is 0 Å². The lowest BCUT2D eigenvalue weighted by molar-refractivity contribution is -0.109. The van der Waals surface area contributed by atoms with Gasteiger partial charge >= 0.3 is 0 Å². The Labute approximate surface area is 115 Å². The van der Waals surface area contributed by atoms with Crippen LogP contribution in [0.5, 0.6) is 0 Å². The largest absolute Gasteiger partial charge is 0.378 e. The van der Waals surface area contributed by atoms with E-state index in [0.29, 0.717) is 23.3 Å². The predicted octanol–water partition coefficient (Wildman–Crippen LogP) is 2.91. The van der Waals surface area contributed by atoms with Crippen LogP contribution in [-0.4, -0.2) is 35.7 Å². The van der Waals surface area contributed by atoms with E-state index >= 15 is 0 Å². The van der Waals surface area contributed by atoms with Crippen molar-refractivity contribution in [3.63, 3.8) is 0 Å². The Morgan fingerprint density at radius 1 is 1.50 bits per heavy atom. The second-order valence-electron chi connectivity index (χ2n) is 6.24. The molecule has 18 heavy (non-hydrogen) atoms. The number of thioether (sulfide) groups is 1. The van der Waals surface area contributed by atoms with Crippen LogP contribution in [0.2, 0.25) is 0 Å². The first-order chi connectivity index (χ1) is 8.45. The standard InChI is InChI=1S/C14H26N2OS/c1-6-17-12-7-11(14(12,4)5)16-13-15-8-10(18-13)9(2)3/h9-12H,6-8H2,1-5H3,(H,15,16). The van der Waals surface area contributed by atoms with Gasteiger partial charge in [0, 0.05) is 23.3 Å². The molecule has 1 aliphatic heterocycles. The highest BCUT2D eigenvalue weighted by Crippen LogP contribution is 2.43. The summed E-state index contributed by atoms with van der Waals surface area (Å²) in [6, 6.07) is 0.506. The summed E-state index contributed by atoms with van der Waals surface area (Å²) in [6.45, 7) is 13.0. The topological polar surface area (TPSA) is 33.6 Å². The normalized spacial score (nSPS) is 34.3. The number of ether oxygens (including phenoxy) is 1. The van der Waals surface area contributed by atoms with Crippen LogP contribution in [0.4, 0.5) is 0 Å². The minimum absolute atomic E-state index is 0.217. The summed E-state index contributed by atoms with van der Waals surface area (Å²) < 4.78 is 5.76. The lowest BCUT2D eigenvalue weighted by Crippen LogP contribution is -2.61. The molecule has 4 heteroatoms. The molecule has 104 valence electrons. The zero-order valence-corrected chi connectivity index (χ0v) is 13.0. The first kappa shape index (κ1) is 14.2. The van der Waals surface area contributed by atoms with Crippen molar-refractivity contribution in [2.24, 2.45) is 16.3 Å². The molecule has 1 fully saturated rings. The maximum absolute atomic E-state index is 5.76. The number of rotatable bonds is 4. The Kier molecular flexibility index (Phi) is 4.27. The van der Waals surface area contributed by atoms with Gasteiger partial charge in [-0.25, -0.2) is 0 Å². The molecule has 3 atom stereocenters. The minimum atomic E-state index is 0.217. The molecule has 0 aromatic heterocycles. The van der Waals surface area contributed by atoms with Gasteiger partial charge in [-0.15, -0.1) is 0 Å².